The number of benzene rings is 2. The van der Waals surface area contributed by atoms with E-state index in [4.69, 9.17) is 16.3 Å². The summed E-state index contributed by atoms with van der Waals surface area (Å²) in [6.07, 6.45) is -0.554. The first kappa shape index (κ1) is 17.8. The van der Waals surface area contributed by atoms with E-state index in [2.05, 4.69) is 4.99 Å². The zero-order valence-corrected chi connectivity index (χ0v) is 15.5. The minimum absolute atomic E-state index is 0.0660. The molecule has 0 saturated carbocycles. The normalized spacial score (nSPS) is 15.0. The van der Waals surface area contributed by atoms with Gasteiger partial charge in [-0.05, 0) is 36.8 Å². The zero-order valence-electron chi connectivity index (χ0n) is 13.9. The Morgan fingerprint density at radius 3 is 2.68 bits per heavy atom. The average Bonchev–Trinajstić information content (AvgIpc) is 3.10. The van der Waals surface area contributed by atoms with Gasteiger partial charge in [0.15, 0.2) is 11.3 Å². The Kier molecular flexibility index (Phi) is 6.00. The molecule has 2 aromatic carbocycles. The number of hydrogen-bond acceptors (Lipinski definition) is 4. The summed E-state index contributed by atoms with van der Waals surface area (Å²) in [7, 11) is 0. The third-order valence-corrected chi connectivity index (χ3v) is 5.09. The van der Waals surface area contributed by atoms with Crippen LogP contribution in [0.15, 0.2) is 59.6 Å². The standard InChI is InChI=1S/C19H19ClN2O2S/c1-14(24-17-5-3-2-4-6-17)18(23)22-12-11-21-19(22)25-13-15-7-9-16(20)10-8-15/h2-10,14H,11-13H2,1H3/t14-/m0/s1. The molecule has 0 fully saturated rings. The van der Waals surface area contributed by atoms with Gasteiger partial charge in [0.1, 0.15) is 5.75 Å². The Bertz CT molecular complexity index is 750. The van der Waals surface area contributed by atoms with Gasteiger partial charge in [0.05, 0.1) is 6.54 Å². The lowest BCUT2D eigenvalue weighted by molar-refractivity contribution is -0.133. The fourth-order valence-electron chi connectivity index (χ4n) is 2.46. The summed E-state index contributed by atoms with van der Waals surface area (Å²) in [6, 6.07) is 17.1. The number of amidine groups is 1. The summed E-state index contributed by atoms with van der Waals surface area (Å²) >= 11 is 7.47. The van der Waals surface area contributed by atoms with Crippen molar-refractivity contribution in [1.82, 2.24) is 4.90 Å². The number of ether oxygens (including phenoxy) is 1. The maximum absolute atomic E-state index is 12.7. The molecule has 4 nitrogen and oxygen atoms in total. The van der Waals surface area contributed by atoms with Gasteiger partial charge >= 0.3 is 0 Å². The van der Waals surface area contributed by atoms with Gasteiger partial charge in [0.2, 0.25) is 0 Å². The van der Waals surface area contributed by atoms with Gasteiger partial charge in [-0.1, -0.05) is 53.7 Å². The molecule has 1 amide bonds. The molecule has 0 saturated heterocycles. The van der Waals surface area contributed by atoms with E-state index in [1.165, 1.54) is 0 Å². The molecule has 0 spiro atoms. The molecule has 3 rings (SSSR count). The number of aliphatic imine (C=N–C) groups is 1. The number of carbonyl (C=O) groups is 1. The lowest BCUT2D eigenvalue weighted by Crippen LogP contribution is -2.41. The molecular formula is C19H19ClN2O2S. The van der Waals surface area contributed by atoms with Gasteiger partial charge in [0.25, 0.3) is 5.91 Å². The highest BCUT2D eigenvalue weighted by molar-refractivity contribution is 8.13. The summed E-state index contributed by atoms with van der Waals surface area (Å²) < 4.78 is 5.74. The van der Waals surface area contributed by atoms with Crippen molar-refractivity contribution in [2.75, 3.05) is 13.1 Å². The second-order valence-corrected chi connectivity index (χ2v) is 7.02. The molecule has 1 heterocycles. The Balaban J connectivity index is 1.58. The van der Waals surface area contributed by atoms with Crippen molar-refractivity contribution in [2.24, 2.45) is 4.99 Å². The molecule has 0 bridgehead atoms. The fourth-order valence-corrected chi connectivity index (χ4v) is 3.59. The summed E-state index contributed by atoms with van der Waals surface area (Å²) in [5, 5.41) is 1.47. The summed E-state index contributed by atoms with van der Waals surface area (Å²) in [4.78, 5) is 18.9. The van der Waals surface area contributed by atoms with E-state index in [-0.39, 0.29) is 5.91 Å². The summed E-state index contributed by atoms with van der Waals surface area (Å²) in [5.41, 5.74) is 1.14. The van der Waals surface area contributed by atoms with E-state index < -0.39 is 6.10 Å². The van der Waals surface area contributed by atoms with Crippen LogP contribution in [-0.2, 0) is 10.5 Å². The third kappa shape index (κ3) is 4.77. The molecule has 1 aliphatic heterocycles. The van der Waals surface area contributed by atoms with E-state index in [9.17, 15) is 4.79 Å². The number of hydrogen-bond donors (Lipinski definition) is 0. The quantitative estimate of drug-likeness (QED) is 0.786. The second kappa shape index (κ2) is 8.41. The largest absolute Gasteiger partial charge is 0.481 e. The molecular weight excluding hydrogens is 356 g/mol. The van der Waals surface area contributed by atoms with Crippen molar-refractivity contribution in [3.8, 4) is 5.75 Å². The first-order valence-corrected chi connectivity index (χ1v) is 9.44. The Labute approximate surface area is 156 Å². The number of para-hydroxylation sites is 1. The van der Waals surface area contributed by atoms with Crippen LogP contribution in [0.4, 0.5) is 0 Å². The van der Waals surface area contributed by atoms with E-state index in [1.807, 2.05) is 54.6 Å². The Morgan fingerprint density at radius 1 is 1.24 bits per heavy atom. The minimum Gasteiger partial charge on any atom is -0.481 e. The van der Waals surface area contributed by atoms with Crippen molar-refractivity contribution in [3.63, 3.8) is 0 Å². The average molecular weight is 375 g/mol. The maximum Gasteiger partial charge on any atom is 0.269 e. The monoisotopic (exact) mass is 374 g/mol. The molecule has 0 aromatic heterocycles. The van der Waals surface area contributed by atoms with Gasteiger partial charge in [-0.3, -0.25) is 14.7 Å². The Hall–Kier alpha value is -1.98. The molecule has 25 heavy (non-hydrogen) atoms. The van der Waals surface area contributed by atoms with Crippen molar-refractivity contribution < 1.29 is 9.53 Å². The van der Waals surface area contributed by atoms with Gasteiger partial charge in [-0.15, -0.1) is 0 Å². The van der Waals surface area contributed by atoms with Crippen molar-refractivity contribution >= 4 is 34.4 Å². The highest BCUT2D eigenvalue weighted by atomic mass is 35.5. The van der Waals surface area contributed by atoms with Gasteiger partial charge < -0.3 is 4.74 Å². The zero-order chi connectivity index (χ0) is 17.6. The van der Waals surface area contributed by atoms with Crippen LogP contribution >= 0.6 is 23.4 Å². The van der Waals surface area contributed by atoms with Crippen LogP contribution < -0.4 is 4.74 Å². The lowest BCUT2D eigenvalue weighted by atomic mass is 10.2. The third-order valence-electron chi connectivity index (χ3n) is 3.75. The number of thioether (sulfide) groups is 1. The van der Waals surface area contributed by atoms with Crippen LogP contribution in [0.25, 0.3) is 0 Å². The number of nitrogens with zero attached hydrogens (tertiary/aromatic N) is 2. The van der Waals surface area contributed by atoms with Crippen LogP contribution in [-0.4, -0.2) is 35.2 Å². The number of rotatable bonds is 5. The molecule has 0 aliphatic carbocycles. The SMILES string of the molecule is C[C@H](Oc1ccccc1)C(=O)N1CCN=C1SCc1ccc(Cl)cc1. The predicted octanol–water partition coefficient (Wildman–Crippen LogP) is 4.24. The Morgan fingerprint density at radius 2 is 1.96 bits per heavy atom. The van der Waals surface area contributed by atoms with Crippen LogP contribution in [0.5, 0.6) is 5.75 Å². The van der Waals surface area contributed by atoms with E-state index >= 15 is 0 Å². The van der Waals surface area contributed by atoms with Crippen molar-refractivity contribution in [2.45, 2.75) is 18.8 Å². The highest BCUT2D eigenvalue weighted by Gasteiger charge is 2.29. The van der Waals surface area contributed by atoms with Crippen LogP contribution in [0.3, 0.4) is 0 Å². The lowest BCUT2D eigenvalue weighted by Gasteiger charge is -2.22. The first-order chi connectivity index (χ1) is 12.1. The topological polar surface area (TPSA) is 41.9 Å². The number of amides is 1. The van der Waals surface area contributed by atoms with Crippen LogP contribution in [0.1, 0.15) is 12.5 Å². The predicted molar refractivity (Wildman–Crippen MR) is 103 cm³/mol. The van der Waals surface area contributed by atoms with E-state index in [0.29, 0.717) is 18.8 Å². The molecule has 1 aliphatic rings. The smallest absolute Gasteiger partial charge is 0.269 e. The molecule has 2 aromatic rings. The highest BCUT2D eigenvalue weighted by Crippen LogP contribution is 2.22. The summed E-state index contributed by atoms with van der Waals surface area (Å²) in [6.45, 7) is 3.01. The van der Waals surface area contributed by atoms with E-state index in [1.54, 1.807) is 23.6 Å². The molecule has 0 N–H and O–H groups in total. The molecule has 0 unspecified atom stereocenters. The van der Waals surface area contributed by atoms with Crippen molar-refractivity contribution in [1.29, 1.82) is 0 Å². The minimum atomic E-state index is -0.554. The number of halogens is 1. The summed E-state index contributed by atoms with van der Waals surface area (Å²) in [5.74, 6) is 1.37. The van der Waals surface area contributed by atoms with Gasteiger partial charge in [-0.2, -0.15) is 0 Å². The second-order valence-electron chi connectivity index (χ2n) is 5.64. The van der Waals surface area contributed by atoms with Gasteiger partial charge in [-0.25, -0.2) is 0 Å². The molecule has 0 radical (unpaired) electrons. The molecule has 6 heteroatoms. The number of carbonyl (C=O) groups excluding carboxylic acids is 1. The van der Waals surface area contributed by atoms with Crippen LogP contribution in [0, 0.1) is 0 Å². The maximum atomic E-state index is 12.7. The fraction of sp³-hybridized carbons (Fsp3) is 0.263. The van der Waals surface area contributed by atoms with Crippen molar-refractivity contribution in [3.05, 3.63) is 65.2 Å². The van der Waals surface area contributed by atoms with Gasteiger partial charge in [0, 0.05) is 17.3 Å². The first-order valence-electron chi connectivity index (χ1n) is 8.08. The molecule has 130 valence electrons. The van der Waals surface area contributed by atoms with Crippen LogP contribution in [0.2, 0.25) is 5.02 Å². The molecule has 1 atom stereocenters. The van der Waals surface area contributed by atoms with E-state index in [0.717, 1.165) is 21.5 Å².